The molecule has 0 fully saturated rings. The van der Waals surface area contributed by atoms with Gasteiger partial charge in [-0.15, -0.1) is 0 Å². The first kappa shape index (κ1) is 26.2. The van der Waals surface area contributed by atoms with Gasteiger partial charge in [-0.3, -0.25) is 0 Å². The van der Waals surface area contributed by atoms with Crippen LogP contribution in [0.5, 0.6) is 0 Å². The van der Waals surface area contributed by atoms with E-state index >= 15 is 0 Å². The first-order valence-corrected chi connectivity index (χ1v) is 8.59. The molecular weight excluding hydrogens is 355 g/mol. The van der Waals surface area contributed by atoms with Gasteiger partial charge in [-0.25, -0.2) is 0 Å². The number of rotatable bonds is 4. The molecule has 0 saturated carbocycles. The van der Waals surface area contributed by atoms with Crippen molar-refractivity contribution in [3.63, 3.8) is 0 Å². The van der Waals surface area contributed by atoms with Crippen LogP contribution in [-0.2, 0) is 17.6 Å². The molecule has 0 unspecified atom stereocenters. The van der Waals surface area contributed by atoms with Gasteiger partial charge in [0.15, 0.2) is 0 Å². The minimum Gasteiger partial charge on any atom is -1.00 e. The Labute approximate surface area is 159 Å². The Bertz CT molecular complexity index is 210. The van der Waals surface area contributed by atoms with Gasteiger partial charge in [0.25, 0.3) is 0 Å². The van der Waals surface area contributed by atoms with Crippen LogP contribution in [0.15, 0.2) is 0 Å². The zero-order valence-electron chi connectivity index (χ0n) is 11.8. The molecule has 14 heavy (non-hydrogen) atoms. The van der Waals surface area contributed by atoms with E-state index in [0.717, 1.165) is 14.2 Å². The summed E-state index contributed by atoms with van der Waals surface area (Å²) in [5.41, 5.74) is 0. The minimum absolute atomic E-state index is 0. The van der Waals surface area contributed by atoms with Crippen molar-refractivity contribution >= 4 is 29.0 Å². The molecule has 74 valence electrons. The van der Waals surface area contributed by atoms with Gasteiger partial charge in [-0.05, 0) is 0 Å². The Morgan fingerprint density at radius 3 is 1.29 bits per heavy atom. The van der Waals surface area contributed by atoms with E-state index in [1.807, 2.05) is 0 Å². The van der Waals surface area contributed by atoms with E-state index in [0.29, 0.717) is 0 Å². The second kappa shape index (κ2) is 11.6. The molecule has 0 atom stereocenters. The third kappa shape index (κ3) is 13.6. The van der Waals surface area contributed by atoms with Gasteiger partial charge < -0.3 is 4.28 Å². The van der Waals surface area contributed by atoms with Gasteiger partial charge in [0.1, 0.15) is 0 Å². The topological polar surface area (TPSA) is 102 Å². The van der Waals surface area contributed by atoms with Crippen LogP contribution in [0.3, 0.4) is 0 Å². The standard InChI is InChI=1S/C2H8As2O7.3Na.3H/c1-9-3(5,6)11-4(7,8)10-2;;;;;;/h1-2H3,(H,5,6)(H,7,8);;;;;;/q;3*+1;3*-1. The largest absolute Gasteiger partial charge is 1.00 e. The average Bonchev–Trinajstić information content (AvgIpc) is 1.86. The molecular formula is C2H11As2Na3O7. The average molecular weight is 366 g/mol. The molecule has 0 radical (unpaired) electrons. The summed E-state index contributed by atoms with van der Waals surface area (Å²) in [4.78, 5) is 0. The maximum absolute atomic E-state index is 10.5. The SMILES string of the molecule is CO[As](=O)(O)O[As](=O)(O)OC.[H-].[H-].[H-].[Na+].[Na+].[Na+]. The second-order valence-electron chi connectivity index (χ2n) is 1.38. The fraction of sp³-hybridized carbons (Fsp3) is 1.00. The maximum Gasteiger partial charge on any atom is 1.00 e. The van der Waals surface area contributed by atoms with Crippen LogP contribution < -0.4 is 88.7 Å². The fourth-order valence-corrected chi connectivity index (χ4v) is 5.32. The summed E-state index contributed by atoms with van der Waals surface area (Å²) < 4.78 is 49.9. The molecule has 0 bridgehead atoms. The molecule has 0 heterocycles. The van der Waals surface area contributed by atoms with Crippen LogP contribution in [0.1, 0.15) is 4.28 Å². The van der Waals surface area contributed by atoms with Crippen molar-refractivity contribution < 1.29 is 119 Å². The smallest absolute Gasteiger partial charge is 1.00 e. The van der Waals surface area contributed by atoms with Crippen LogP contribution >= 0.6 is 0 Å². The molecule has 0 aromatic rings. The van der Waals surface area contributed by atoms with Gasteiger partial charge in [-0.1, -0.05) is 0 Å². The quantitative estimate of drug-likeness (QED) is 0.477. The second-order valence-corrected chi connectivity index (χ2v) is 8.97. The molecule has 0 aliphatic carbocycles. The monoisotopic (exact) mass is 366 g/mol. The van der Waals surface area contributed by atoms with Crippen molar-refractivity contribution in [3.8, 4) is 0 Å². The molecule has 0 aliphatic rings. The fourth-order valence-electron chi connectivity index (χ4n) is 0.197. The van der Waals surface area contributed by atoms with E-state index in [2.05, 4.69) is 10.2 Å². The van der Waals surface area contributed by atoms with E-state index < -0.39 is 29.0 Å². The minimum atomic E-state index is -5.02. The van der Waals surface area contributed by atoms with E-state index in [-0.39, 0.29) is 93.0 Å². The van der Waals surface area contributed by atoms with Crippen LogP contribution in [0, 0.1) is 0 Å². The van der Waals surface area contributed by atoms with Crippen LogP contribution in [0.4, 0.5) is 0 Å². The third-order valence-corrected chi connectivity index (χ3v) is 7.97. The molecule has 0 aromatic carbocycles. The first-order chi connectivity index (χ1) is 4.83. The molecule has 0 aromatic heterocycles. The summed E-state index contributed by atoms with van der Waals surface area (Å²) in [6, 6.07) is 0. The zero-order valence-corrected chi connectivity index (χ0v) is 18.6. The Balaban J connectivity index is -0.0000000333. The molecule has 0 aliphatic heterocycles. The molecule has 0 spiro atoms. The molecule has 0 saturated heterocycles. The maximum atomic E-state index is 10.5. The van der Waals surface area contributed by atoms with Crippen LogP contribution in [0.2, 0.25) is 0 Å². The molecule has 0 rings (SSSR count). The van der Waals surface area contributed by atoms with Gasteiger partial charge in [0.05, 0.1) is 0 Å². The normalized spacial score (nSPS) is 17.4. The zero-order chi connectivity index (χ0) is 9.12. The summed E-state index contributed by atoms with van der Waals surface area (Å²) in [5, 5.41) is 0. The van der Waals surface area contributed by atoms with E-state index in [1.54, 1.807) is 0 Å². The summed E-state index contributed by atoms with van der Waals surface area (Å²) in [5.74, 6) is 0. The predicted octanol–water partition coefficient (Wildman–Crippen LogP) is -10.6. The van der Waals surface area contributed by atoms with Crippen molar-refractivity contribution in [2.24, 2.45) is 0 Å². The first-order valence-electron chi connectivity index (χ1n) is 2.31. The van der Waals surface area contributed by atoms with Crippen LogP contribution in [0.25, 0.3) is 0 Å². The Morgan fingerprint density at radius 1 is 0.929 bits per heavy atom. The third-order valence-electron chi connectivity index (χ3n) is 0.668. The van der Waals surface area contributed by atoms with E-state index in [1.165, 1.54) is 0 Å². The van der Waals surface area contributed by atoms with Crippen molar-refractivity contribution in [2.45, 2.75) is 0 Å². The van der Waals surface area contributed by atoms with Gasteiger partial charge in [0.2, 0.25) is 0 Å². The summed E-state index contributed by atoms with van der Waals surface area (Å²) >= 11 is -10.0. The van der Waals surface area contributed by atoms with Crippen molar-refractivity contribution in [1.29, 1.82) is 0 Å². The van der Waals surface area contributed by atoms with Gasteiger partial charge in [0, 0.05) is 0 Å². The Hall–Kier alpha value is 3.52. The van der Waals surface area contributed by atoms with E-state index in [9.17, 15) is 7.48 Å². The summed E-state index contributed by atoms with van der Waals surface area (Å²) in [6.45, 7) is 0. The van der Waals surface area contributed by atoms with Gasteiger partial charge in [-0.2, -0.15) is 0 Å². The van der Waals surface area contributed by atoms with Crippen molar-refractivity contribution in [2.75, 3.05) is 14.2 Å². The number of hydrogen-bond acceptors (Lipinski definition) is 5. The van der Waals surface area contributed by atoms with Crippen molar-refractivity contribution in [1.82, 2.24) is 0 Å². The summed E-state index contributed by atoms with van der Waals surface area (Å²) in [6.07, 6.45) is 0. The number of hydrogen-bond donors (Lipinski definition) is 2. The van der Waals surface area contributed by atoms with Crippen molar-refractivity contribution in [3.05, 3.63) is 0 Å². The Kier molecular flexibility index (Phi) is 21.7. The molecule has 7 nitrogen and oxygen atoms in total. The Morgan fingerprint density at radius 2 is 1.14 bits per heavy atom. The molecule has 2 N–H and O–H groups in total. The molecule has 0 amide bonds. The van der Waals surface area contributed by atoms with E-state index in [4.69, 9.17) is 8.19 Å². The van der Waals surface area contributed by atoms with Crippen LogP contribution in [-0.4, -0.2) is 51.4 Å². The predicted molar refractivity (Wildman–Crippen MR) is 35.8 cm³/mol. The van der Waals surface area contributed by atoms with Gasteiger partial charge >= 0.3 is 158 Å². The summed E-state index contributed by atoms with van der Waals surface area (Å²) in [7, 11) is 1.79. The molecule has 12 heteroatoms.